The van der Waals surface area contributed by atoms with Crippen molar-refractivity contribution in [3.05, 3.63) is 12.2 Å². The highest BCUT2D eigenvalue weighted by atomic mass is 31.2. The lowest BCUT2D eigenvalue weighted by Gasteiger charge is -2.35. The molecular weight excluding hydrogens is 559 g/mol. The molecule has 7 nitrogen and oxygen atoms in total. The van der Waals surface area contributed by atoms with Gasteiger partial charge in [0.15, 0.2) is 0 Å². The molecule has 0 aromatic heterocycles. The minimum Gasteiger partial charge on any atom is -0.387 e. The number of likely N-dealkylation sites (N-methyl/N-ethyl adjacent to an activating group) is 1. The van der Waals surface area contributed by atoms with E-state index in [0.29, 0.717) is 13.0 Å². The van der Waals surface area contributed by atoms with Crippen molar-refractivity contribution in [2.45, 2.75) is 139 Å². The third kappa shape index (κ3) is 21.7. The molecule has 1 amide bonds. The molecule has 0 heterocycles. The summed E-state index contributed by atoms with van der Waals surface area (Å²) < 4.78 is 18.0. The number of aliphatic hydroxyl groups is 1. The summed E-state index contributed by atoms with van der Waals surface area (Å²) in [6.45, 7) is 24.2. The Morgan fingerprint density at radius 2 is 1.37 bits per heavy atom. The Balaban J connectivity index is 5.47. The molecule has 0 aromatic rings. The Morgan fingerprint density at radius 1 is 0.860 bits per heavy atom. The zero-order valence-corrected chi connectivity index (χ0v) is 31.7. The summed E-state index contributed by atoms with van der Waals surface area (Å²) in [5.41, 5.74) is 0.666. The van der Waals surface area contributed by atoms with Gasteiger partial charge in [0.05, 0.1) is 39.9 Å². The van der Waals surface area contributed by atoms with E-state index in [2.05, 4.69) is 102 Å². The first kappa shape index (κ1) is 42.4. The van der Waals surface area contributed by atoms with Crippen molar-refractivity contribution in [1.82, 2.24) is 5.32 Å². The van der Waals surface area contributed by atoms with Crippen LogP contribution in [0.2, 0.25) is 0 Å². The third-order valence-corrected chi connectivity index (χ3v) is 9.08. The van der Waals surface area contributed by atoms with E-state index >= 15 is 0 Å². The van der Waals surface area contributed by atoms with Gasteiger partial charge in [-0.15, -0.1) is 0 Å². The van der Waals surface area contributed by atoms with Gasteiger partial charge in [0.2, 0.25) is 5.91 Å². The monoisotopic (exact) mass is 632 g/mol. The molecule has 3 atom stereocenters. The number of rotatable bonds is 24. The van der Waals surface area contributed by atoms with Crippen molar-refractivity contribution in [2.24, 2.45) is 21.7 Å². The average molecular weight is 632 g/mol. The zero-order chi connectivity index (χ0) is 33.5. The number of amides is 1. The van der Waals surface area contributed by atoms with E-state index in [1.807, 2.05) is 6.08 Å². The summed E-state index contributed by atoms with van der Waals surface area (Å²) in [5, 5.41) is 14.3. The predicted octanol–water partition coefficient (Wildman–Crippen LogP) is 8.66. The molecule has 0 saturated heterocycles. The zero-order valence-electron chi connectivity index (χ0n) is 30.8. The molecular formula is C35H72N2O5P+. The Morgan fingerprint density at radius 3 is 1.86 bits per heavy atom. The van der Waals surface area contributed by atoms with Crippen LogP contribution in [0.4, 0.5) is 0 Å². The topological polar surface area (TPSA) is 77.0 Å². The molecule has 0 bridgehead atoms. The predicted molar refractivity (Wildman–Crippen MR) is 184 cm³/mol. The van der Waals surface area contributed by atoms with Crippen LogP contribution in [0.15, 0.2) is 12.2 Å². The number of quaternary nitrogens is 1. The molecule has 0 aliphatic rings. The largest absolute Gasteiger partial charge is 0.387 e. The van der Waals surface area contributed by atoms with Crippen LogP contribution in [-0.2, 0) is 18.4 Å². The minimum atomic E-state index is -1.59. The van der Waals surface area contributed by atoms with Gasteiger partial charge in [-0.1, -0.05) is 94.2 Å². The second kappa shape index (κ2) is 19.2. The molecule has 0 aromatic carbocycles. The smallest absolute Gasteiger partial charge is 0.332 e. The second-order valence-corrected chi connectivity index (χ2v) is 18.2. The Bertz CT molecular complexity index is 805. The molecule has 3 unspecified atom stereocenters. The van der Waals surface area contributed by atoms with E-state index in [1.54, 1.807) is 7.11 Å². The van der Waals surface area contributed by atoms with Crippen molar-refractivity contribution in [2.75, 3.05) is 48.0 Å². The van der Waals surface area contributed by atoms with Crippen molar-refractivity contribution < 1.29 is 28.0 Å². The maximum absolute atomic E-state index is 13.2. The number of carbonyl (C=O) groups is 1. The van der Waals surface area contributed by atoms with Crippen LogP contribution in [0.5, 0.6) is 0 Å². The normalized spacial score (nSPS) is 16.0. The number of aliphatic hydroxyl groups excluding tert-OH is 1. The van der Waals surface area contributed by atoms with Gasteiger partial charge < -0.3 is 28.5 Å². The molecule has 8 heteroatoms. The van der Waals surface area contributed by atoms with E-state index in [9.17, 15) is 9.90 Å². The summed E-state index contributed by atoms with van der Waals surface area (Å²) >= 11 is 0. The number of nitrogens with zero attached hydrogens (tertiary/aromatic N) is 1. The fraction of sp³-hybridized carbons (Fsp3) is 0.914. The van der Waals surface area contributed by atoms with Crippen LogP contribution < -0.4 is 5.32 Å². The summed E-state index contributed by atoms with van der Waals surface area (Å²) in [5.74, 6) is -0.0724. The number of hydrogen-bond donors (Lipinski definition) is 2. The van der Waals surface area contributed by atoms with Gasteiger partial charge in [-0.2, -0.15) is 0 Å². The molecule has 256 valence electrons. The van der Waals surface area contributed by atoms with Crippen molar-refractivity contribution in [1.29, 1.82) is 0 Å². The highest BCUT2D eigenvalue weighted by Crippen LogP contribution is 2.41. The second-order valence-electron chi connectivity index (χ2n) is 16.9. The first-order valence-electron chi connectivity index (χ1n) is 16.6. The van der Waals surface area contributed by atoms with Gasteiger partial charge in [0, 0.05) is 13.5 Å². The van der Waals surface area contributed by atoms with Gasteiger partial charge in [-0.3, -0.25) is 4.79 Å². The summed E-state index contributed by atoms with van der Waals surface area (Å²) in [4.78, 5) is 13.2. The lowest BCUT2D eigenvalue weighted by atomic mass is 9.71. The van der Waals surface area contributed by atoms with Gasteiger partial charge >= 0.3 is 8.60 Å². The van der Waals surface area contributed by atoms with Crippen LogP contribution in [0, 0.1) is 21.7 Å². The quantitative estimate of drug-likeness (QED) is 0.0633. The fourth-order valence-electron chi connectivity index (χ4n) is 6.57. The maximum atomic E-state index is 13.2. The van der Waals surface area contributed by atoms with Crippen LogP contribution in [-0.4, -0.2) is 75.7 Å². The Hall–Kier alpha value is -0.560. The lowest BCUT2D eigenvalue weighted by molar-refractivity contribution is -0.870. The van der Waals surface area contributed by atoms with Crippen LogP contribution in [0.3, 0.4) is 0 Å². The molecule has 0 radical (unpaired) electrons. The van der Waals surface area contributed by atoms with E-state index in [1.165, 1.54) is 19.3 Å². The highest BCUT2D eigenvalue weighted by Gasteiger charge is 2.30. The first-order chi connectivity index (χ1) is 19.6. The Labute approximate surface area is 268 Å². The maximum Gasteiger partial charge on any atom is 0.332 e. The summed E-state index contributed by atoms with van der Waals surface area (Å²) in [6, 6.07) is -0.606. The minimum absolute atomic E-state index is 0.0431. The van der Waals surface area contributed by atoms with E-state index < -0.39 is 20.7 Å². The molecule has 0 fully saturated rings. The van der Waals surface area contributed by atoms with Gasteiger partial charge in [-0.05, 0) is 60.2 Å². The fourth-order valence-corrected chi connectivity index (χ4v) is 7.37. The van der Waals surface area contributed by atoms with E-state index in [0.717, 1.165) is 43.1 Å². The SMILES string of the molecule is CCCC(C)(C)CC(C)(C)C/C=C/C(O)C(COP(OC)OCC[N+](C)(C)C)NC(=O)CCC(C)(C)CC(C)(C)CCC. The van der Waals surface area contributed by atoms with Gasteiger partial charge in [-0.25, -0.2) is 0 Å². The van der Waals surface area contributed by atoms with Crippen molar-refractivity contribution >= 4 is 14.5 Å². The van der Waals surface area contributed by atoms with Crippen LogP contribution >= 0.6 is 8.60 Å². The summed E-state index contributed by atoms with van der Waals surface area (Å²) in [7, 11) is 6.28. The van der Waals surface area contributed by atoms with Crippen molar-refractivity contribution in [3.63, 3.8) is 0 Å². The molecule has 0 saturated carbocycles. The molecule has 0 rings (SSSR count). The van der Waals surface area contributed by atoms with Gasteiger partial charge in [0.25, 0.3) is 0 Å². The van der Waals surface area contributed by atoms with E-state index in [4.69, 9.17) is 13.6 Å². The number of carbonyl (C=O) groups excluding carboxylic acids is 1. The standard InChI is InChI=1S/C35H71N2O5P/c1-15-20-32(3,4)27-34(7,8)22-17-18-30(38)29(26-42-43(40-14)41-25-24-37(11,12)13)36-31(39)19-23-35(9,10)28-33(5,6)21-16-2/h17-18,29-30,38H,15-16,19-28H2,1-14H3/p+1/b18-17+. The van der Waals surface area contributed by atoms with E-state index in [-0.39, 0.29) is 34.2 Å². The number of hydrogen-bond acceptors (Lipinski definition) is 5. The number of allylic oxidation sites excluding steroid dienone is 1. The summed E-state index contributed by atoms with van der Waals surface area (Å²) in [6.07, 6.45) is 11.9. The molecule has 0 aliphatic carbocycles. The molecule has 2 N–H and O–H groups in total. The lowest BCUT2D eigenvalue weighted by Crippen LogP contribution is -2.45. The number of nitrogens with one attached hydrogen (secondary N) is 1. The van der Waals surface area contributed by atoms with Crippen LogP contribution in [0.1, 0.15) is 127 Å². The molecule has 43 heavy (non-hydrogen) atoms. The van der Waals surface area contributed by atoms with Gasteiger partial charge in [0.1, 0.15) is 13.2 Å². The average Bonchev–Trinajstić information content (AvgIpc) is 2.81. The first-order valence-corrected chi connectivity index (χ1v) is 17.7. The Kier molecular flexibility index (Phi) is 18.9. The highest BCUT2D eigenvalue weighted by molar-refractivity contribution is 7.41. The third-order valence-electron chi connectivity index (χ3n) is 8.03. The van der Waals surface area contributed by atoms with Crippen molar-refractivity contribution in [3.8, 4) is 0 Å². The van der Waals surface area contributed by atoms with Crippen LogP contribution in [0.25, 0.3) is 0 Å². The molecule has 0 aliphatic heterocycles. The molecule has 0 spiro atoms.